The van der Waals surface area contributed by atoms with Gasteiger partial charge >= 0.3 is 0 Å². The highest BCUT2D eigenvalue weighted by atomic mass is 16.3. The van der Waals surface area contributed by atoms with Crippen molar-refractivity contribution in [2.24, 2.45) is 0 Å². The van der Waals surface area contributed by atoms with Gasteiger partial charge in [-0.3, -0.25) is 4.79 Å². The lowest BCUT2D eigenvalue weighted by molar-refractivity contribution is -0.123. The van der Waals surface area contributed by atoms with Crippen molar-refractivity contribution in [3.05, 3.63) is 24.3 Å². The fraction of sp³-hybridized carbons (Fsp3) is 0.865. The predicted molar refractivity (Wildman–Crippen MR) is 179 cm³/mol. The molecular weight excluding hydrogens is 506 g/mol. The van der Waals surface area contributed by atoms with Crippen molar-refractivity contribution in [3.8, 4) is 0 Å². The van der Waals surface area contributed by atoms with Crippen LogP contribution in [0.1, 0.15) is 187 Å². The van der Waals surface area contributed by atoms with E-state index in [-0.39, 0.29) is 12.5 Å². The molecule has 0 aliphatic heterocycles. The fourth-order valence-corrected chi connectivity index (χ4v) is 5.35. The Balaban J connectivity index is 3.62. The molecule has 4 heteroatoms. The molecule has 0 saturated heterocycles. The Labute approximate surface area is 256 Å². The van der Waals surface area contributed by atoms with Crippen LogP contribution in [0.2, 0.25) is 0 Å². The SMILES string of the molecule is CCCCCC/C=C/CCCCCCCC(=O)N[C@@H](CO)[C@H](O)CCCC/C=C/CCCCCCCCCCCC. The van der Waals surface area contributed by atoms with Crippen molar-refractivity contribution >= 4 is 5.91 Å². The van der Waals surface area contributed by atoms with Gasteiger partial charge in [0.2, 0.25) is 5.91 Å². The van der Waals surface area contributed by atoms with E-state index in [1.54, 1.807) is 0 Å². The topological polar surface area (TPSA) is 69.6 Å². The van der Waals surface area contributed by atoms with E-state index in [0.717, 1.165) is 38.5 Å². The first kappa shape index (κ1) is 39.9. The summed E-state index contributed by atoms with van der Waals surface area (Å²) >= 11 is 0. The Morgan fingerprint density at radius 2 is 0.927 bits per heavy atom. The van der Waals surface area contributed by atoms with E-state index in [4.69, 9.17) is 0 Å². The second-order valence-corrected chi connectivity index (χ2v) is 12.3. The molecule has 0 aromatic heterocycles. The molecule has 0 aromatic rings. The molecule has 0 aliphatic rings. The van der Waals surface area contributed by atoms with Gasteiger partial charge in [0.05, 0.1) is 18.8 Å². The predicted octanol–water partition coefficient (Wildman–Crippen LogP) is 10.5. The number of hydrogen-bond donors (Lipinski definition) is 3. The molecule has 41 heavy (non-hydrogen) atoms. The first-order chi connectivity index (χ1) is 20.2. The zero-order chi connectivity index (χ0) is 30.1. The number of rotatable bonds is 32. The Morgan fingerprint density at radius 1 is 0.561 bits per heavy atom. The molecule has 0 spiro atoms. The van der Waals surface area contributed by atoms with Crippen LogP contribution in [-0.2, 0) is 4.79 Å². The van der Waals surface area contributed by atoms with Gasteiger partial charge in [-0.2, -0.15) is 0 Å². The minimum atomic E-state index is -0.681. The van der Waals surface area contributed by atoms with Crippen molar-refractivity contribution in [3.63, 3.8) is 0 Å². The zero-order valence-corrected chi connectivity index (χ0v) is 27.6. The summed E-state index contributed by atoms with van der Waals surface area (Å²) in [6, 6.07) is -0.553. The lowest BCUT2D eigenvalue weighted by Crippen LogP contribution is -2.45. The van der Waals surface area contributed by atoms with Crippen LogP contribution in [0, 0.1) is 0 Å². The van der Waals surface area contributed by atoms with Gasteiger partial charge in [-0.25, -0.2) is 0 Å². The number of carbonyl (C=O) groups is 1. The van der Waals surface area contributed by atoms with E-state index in [1.165, 1.54) is 122 Å². The van der Waals surface area contributed by atoms with E-state index in [1.807, 2.05) is 0 Å². The van der Waals surface area contributed by atoms with Crippen molar-refractivity contribution < 1.29 is 15.0 Å². The molecule has 0 fully saturated rings. The second-order valence-electron chi connectivity index (χ2n) is 12.3. The van der Waals surface area contributed by atoms with Crippen molar-refractivity contribution in [2.45, 2.75) is 199 Å². The molecule has 0 aromatic carbocycles. The standard InChI is InChI=1S/C37H71NO3/c1-3-5-7-9-11-13-15-17-18-19-21-22-24-26-28-30-32-36(40)35(34-39)38-37(41)33-31-29-27-25-23-20-16-14-12-10-8-6-4-2/h14,16,22,24,35-36,39-40H,3-13,15,17-21,23,25-34H2,1-2H3,(H,38,41)/b16-14+,24-22+/t35-,36+/m0/s1. The normalized spacial score (nSPS) is 13.4. The molecule has 0 radical (unpaired) electrons. The summed E-state index contributed by atoms with van der Waals surface area (Å²) in [5.74, 6) is -0.0518. The van der Waals surface area contributed by atoms with Crippen molar-refractivity contribution in [2.75, 3.05) is 6.61 Å². The minimum Gasteiger partial charge on any atom is -0.394 e. The number of aliphatic hydroxyl groups is 2. The van der Waals surface area contributed by atoms with Gasteiger partial charge in [0.1, 0.15) is 0 Å². The summed E-state index contributed by atoms with van der Waals surface area (Å²) in [6.07, 6.45) is 40.9. The van der Waals surface area contributed by atoms with Crippen LogP contribution in [0.25, 0.3) is 0 Å². The highest BCUT2D eigenvalue weighted by molar-refractivity contribution is 5.76. The van der Waals surface area contributed by atoms with Crippen LogP contribution < -0.4 is 5.32 Å². The number of allylic oxidation sites excluding steroid dienone is 4. The summed E-state index contributed by atoms with van der Waals surface area (Å²) in [5, 5.41) is 23.0. The fourth-order valence-electron chi connectivity index (χ4n) is 5.35. The van der Waals surface area contributed by atoms with E-state index in [0.29, 0.717) is 12.8 Å². The molecule has 0 heterocycles. The number of hydrogen-bond acceptors (Lipinski definition) is 3. The maximum atomic E-state index is 12.3. The van der Waals surface area contributed by atoms with Gasteiger partial charge in [-0.05, 0) is 64.2 Å². The van der Waals surface area contributed by atoms with Crippen LogP contribution >= 0.6 is 0 Å². The molecule has 4 nitrogen and oxygen atoms in total. The van der Waals surface area contributed by atoms with Gasteiger partial charge in [-0.15, -0.1) is 0 Å². The lowest BCUT2D eigenvalue weighted by atomic mass is 10.0. The molecular formula is C37H71NO3. The van der Waals surface area contributed by atoms with Crippen molar-refractivity contribution in [1.29, 1.82) is 0 Å². The molecule has 0 unspecified atom stereocenters. The van der Waals surface area contributed by atoms with E-state index < -0.39 is 12.1 Å². The van der Waals surface area contributed by atoms with E-state index >= 15 is 0 Å². The maximum Gasteiger partial charge on any atom is 0.220 e. The van der Waals surface area contributed by atoms with Crippen LogP contribution in [0.4, 0.5) is 0 Å². The lowest BCUT2D eigenvalue weighted by Gasteiger charge is -2.22. The van der Waals surface area contributed by atoms with Crippen molar-refractivity contribution in [1.82, 2.24) is 5.32 Å². The zero-order valence-electron chi connectivity index (χ0n) is 27.6. The summed E-state index contributed by atoms with van der Waals surface area (Å²) in [5.41, 5.74) is 0. The highest BCUT2D eigenvalue weighted by Crippen LogP contribution is 2.13. The molecule has 242 valence electrons. The summed E-state index contributed by atoms with van der Waals surface area (Å²) in [7, 11) is 0. The minimum absolute atomic E-state index is 0.0518. The van der Waals surface area contributed by atoms with Gasteiger partial charge in [0.15, 0.2) is 0 Å². The largest absolute Gasteiger partial charge is 0.394 e. The maximum absolute atomic E-state index is 12.3. The third-order valence-electron chi connectivity index (χ3n) is 8.18. The van der Waals surface area contributed by atoms with Gasteiger partial charge in [0, 0.05) is 6.42 Å². The summed E-state index contributed by atoms with van der Waals surface area (Å²) < 4.78 is 0. The highest BCUT2D eigenvalue weighted by Gasteiger charge is 2.19. The smallest absolute Gasteiger partial charge is 0.220 e. The Morgan fingerprint density at radius 3 is 1.37 bits per heavy atom. The molecule has 0 bridgehead atoms. The molecule has 0 rings (SSSR count). The molecule has 1 amide bonds. The van der Waals surface area contributed by atoms with Crippen LogP contribution in [-0.4, -0.2) is 34.9 Å². The van der Waals surface area contributed by atoms with Gasteiger partial charge in [-0.1, -0.05) is 141 Å². The molecule has 0 aliphatic carbocycles. The first-order valence-corrected chi connectivity index (χ1v) is 18.0. The number of unbranched alkanes of at least 4 members (excludes halogenated alkanes) is 21. The molecule has 3 N–H and O–H groups in total. The summed E-state index contributed by atoms with van der Waals surface area (Å²) in [4.78, 5) is 12.3. The number of amides is 1. The first-order valence-electron chi connectivity index (χ1n) is 18.0. The number of nitrogens with one attached hydrogen (secondary N) is 1. The quantitative estimate of drug-likeness (QED) is 0.0550. The number of aliphatic hydroxyl groups excluding tert-OH is 2. The Bertz CT molecular complexity index is 589. The van der Waals surface area contributed by atoms with Crippen LogP contribution in [0.15, 0.2) is 24.3 Å². The average molecular weight is 578 g/mol. The van der Waals surface area contributed by atoms with Gasteiger partial charge in [0.25, 0.3) is 0 Å². The molecule has 0 saturated carbocycles. The van der Waals surface area contributed by atoms with E-state index in [2.05, 4.69) is 43.5 Å². The Kier molecular flexibility index (Phi) is 32.5. The van der Waals surface area contributed by atoms with Gasteiger partial charge < -0.3 is 15.5 Å². The van der Waals surface area contributed by atoms with Crippen LogP contribution in [0.5, 0.6) is 0 Å². The summed E-state index contributed by atoms with van der Waals surface area (Å²) in [6.45, 7) is 4.31. The van der Waals surface area contributed by atoms with Crippen LogP contribution in [0.3, 0.4) is 0 Å². The number of carbonyl (C=O) groups excluding carboxylic acids is 1. The third kappa shape index (κ3) is 30.1. The monoisotopic (exact) mass is 578 g/mol. The molecule has 2 atom stereocenters. The average Bonchev–Trinajstić information content (AvgIpc) is 2.97. The Hall–Kier alpha value is -1.13. The second kappa shape index (κ2) is 33.4. The third-order valence-corrected chi connectivity index (χ3v) is 8.18. The van der Waals surface area contributed by atoms with E-state index in [9.17, 15) is 15.0 Å².